The lowest BCUT2D eigenvalue weighted by atomic mass is 10.1. The molecule has 0 aliphatic heterocycles. The maximum absolute atomic E-state index is 4.28. The third-order valence-electron chi connectivity index (χ3n) is 2.31. The first-order chi connectivity index (χ1) is 7.92. The molecule has 1 heterocycles. The highest BCUT2D eigenvalue weighted by Crippen LogP contribution is 2.22. The van der Waals surface area contributed by atoms with Crippen molar-refractivity contribution < 1.29 is 0 Å². The number of aromatic nitrogens is 2. The van der Waals surface area contributed by atoms with Crippen molar-refractivity contribution in [2.75, 3.05) is 18.6 Å². The maximum Gasteiger partial charge on any atom is 0.121 e. The largest absolute Gasteiger partial charge is 0.312 e. The van der Waals surface area contributed by atoms with Crippen molar-refractivity contribution >= 4 is 23.1 Å². The summed E-state index contributed by atoms with van der Waals surface area (Å²) in [4.78, 5) is 0. The summed E-state index contributed by atoms with van der Waals surface area (Å²) in [5.74, 6) is 1.64. The fourth-order valence-electron chi connectivity index (χ4n) is 1.43. The highest BCUT2D eigenvalue weighted by atomic mass is 32.2. The van der Waals surface area contributed by atoms with Crippen LogP contribution in [-0.4, -0.2) is 34.3 Å². The van der Waals surface area contributed by atoms with Crippen LogP contribution in [0, 0.1) is 0 Å². The van der Waals surface area contributed by atoms with E-state index >= 15 is 0 Å². The predicted octanol–water partition coefficient (Wildman–Crippen LogP) is 2.94. The molecule has 0 saturated heterocycles. The summed E-state index contributed by atoms with van der Waals surface area (Å²) >= 11 is 3.62. The molecule has 0 spiro atoms. The molecule has 0 aliphatic carbocycles. The minimum atomic E-state index is 0.180. The van der Waals surface area contributed by atoms with Crippen molar-refractivity contribution in [2.45, 2.75) is 45.6 Å². The van der Waals surface area contributed by atoms with Gasteiger partial charge in [-0.25, -0.2) is 0 Å². The topological polar surface area (TPSA) is 37.8 Å². The number of nitrogens with one attached hydrogen (secondary N) is 1. The van der Waals surface area contributed by atoms with Crippen LogP contribution in [0.25, 0.3) is 0 Å². The molecule has 5 heteroatoms. The van der Waals surface area contributed by atoms with Gasteiger partial charge in [-0.1, -0.05) is 6.92 Å². The zero-order valence-corrected chi connectivity index (χ0v) is 13.0. The molecule has 0 radical (unpaired) electrons. The average molecular weight is 273 g/mol. The molecule has 98 valence electrons. The molecule has 0 aromatic carbocycles. The van der Waals surface area contributed by atoms with E-state index in [9.17, 15) is 0 Å². The predicted molar refractivity (Wildman–Crippen MR) is 78.2 cm³/mol. The quantitative estimate of drug-likeness (QED) is 0.865. The van der Waals surface area contributed by atoms with Gasteiger partial charge in [-0.15, -0.1) is 21.5 Å². The number of thioether (sulfide) groups is 1. The number of hydrogen-bond donors (Lipinski definition) is 1. The first-order valence-electron chi connectivity index (χ1n) is 5.98. The van der Waals surface area contributed by atoms with Crippen molar-refractivity contribution in [3.05, 3.63) is 10.0 Å². The van der Waals surface area contributed by atoms with E-state index in [1.54, 1.807) is 11.3 Å². The Morgan fingerprint density at radius 2 is 2.06 bits per heavy atom. The molecule has 17 heavy (non-hydrogen) atoms. The van der Waals surface area contributed by atoms with E-state index in [0.717, 1.165) is 23.7 Å². The zero-order valence-electron chi connectivity index (χ0n) is 11.4. The van der Waals surface area contributed by atoms with Crippen molar-refractivity contribution in [3.8, 4) is 0 Å². The fraction of sp³-hybridized carbons (Fsp3) is 0.833. The smallest absolute Gasteiger partial charge is 0.121 e. The summed E-state index contributed by atoms with van der Waals surface area (Å²) in [6, 6.07) is 0. The molecule has 0 saturated carbocycles. The van der Waals surface area contributed by atoms with Gasteiger partial charge in [0.2, 0.25) is 0 Å². The van der Waals surface area contributed by atoms with Crippen LogP contribution in [-0.2, 0) is 6.42 Å². The van der Waals surface area contributed by atoms with E-state index in [0.29, 0.717) is 5.92 Å². The van der Waals surface area contributed by atoms with Crippen LogP contribution in [0.15, 0.2) is 0 Å². The molecule has 1 N–H and O–H groups in total. The second-order valence-corrected chi connectivity index (χ2v) is 7.32. The molecule has 3 nitrogen and oxygen atoms in total. The van der Waals surface area contributed by atoms with Gasteiger partial charge in [0.15, 0.2) is 0 Å². The summed E-state index contributed by atoms with van der Waals surface area (Å²) in [5, 5.41) is 14.3. The van der Waals surface area contributed by atoms with Crippen LogP contribution < -0.4 is 5.32 Å². The van der Waals surface area contributed by atoms with Crippen molar-refractivity contribution in [3.63, 3.8) is 0 Å². The molecule has 1 aromatic heterocycles. The molecule has 1 aromatic rings. The Balaban J connectivity index is 2.40. The van der Waals surface area contributed by atoms with Gasteiger partial charge in [-0.3, -0.25) is 0 Å². The summed E-state index contributed by atoms with van der Waals surface area (Å²) in [7, 11) is 0. The Morgan fingerprint density at radius 1 is 1.35 bits per heavy atom. The third kappa shape index (κ3) is 5.84. The van der Waals surface area contributed by atoms with E-state index < -0.39 is 0 Å². The highest BCUT2D eigenvalue weighted by Gasteiger charge is 2.12. The van der Waals surface area contributed by atoms with Crippen LogP contribution in [0.4, 0.5) is 0 Å². The summed E-state index contributed by atoms with van der Waals surface area (Å²) in [6.45, 7) is 9.72. The van der Waals surface area contributed by atoms with E-state index in [-0.39, 0.29) is 5.54 Å². The van der Waals surface area contributed by atoms with Crippen molar-refractivity contribution in [2.24, 2.45) is 0 Å². The minimum absolute atomic E-state index is 0.180. The molecule has 0 bridgehead atoms. The first-order valence-corrected chi connectivity index (χ1v) is 8.19. The standard InChI is InChI=1S/C12H23N3S2/c1-9(8-16-5)11-15-14-10(17-11)6-7-13-12(2,3)4/h9,13H,6-8H2,1-5H3. The maximum atomic E-state index is 4.28. The summed E-state index contributed by atoms with van der Waals surface area (Å²) in [5.41, 5.74) is 0.180. The van der Waals surface area contributed by atoms with Gasteiger partial charge in [-0.2, -0.15) is 11.8 Å². The molecule has 1 rings (SSSR count). The lowest BCUT2D eigenvalue weighted by molar-refractivity contribution is 0.429. The molecule has 0 aliphatic rings. The second-order valence-electron chi connectivity index (χ2n) is 5.32. The SMILES string of the molecule is CSCC(C)c1nnc(CCNC(C)(C)C)s1. The second kappa shape index (κ2) is 6.71. The van der Waals surface area contributed by atoms with Gasteiger partial charge >= 0.3 is 0 Å². The lowest BCUT2D eigenvalue weighted by Gasteiger charge is -2.19. The Morgan fingerprint density at radius 3 is 2.65 bits per heavy atom. The van der Waals surface area contributed by atoms with Gasteiger partial charge in [0, 0.05) is 30.2 Å². The highest BCUT2D eigenvalue weighted by molar-refractivity contribution is 7.98. The van der Waals surface area contributed by atoms with Crippen LogP contribution in [0.2, 0.25) is 0 Å². The Labute approximate surface area is 113 Å². The van der Waals surface area contributed by atoms with Crippen LogP contribution in [0.1, 0.15) is 43.6 Å². The van der Waals surface area contributed by atoms with Crippen LogP contribution in [0.3, 0.4) is 0 Å². The summed E-state index contributed by atoms with van der Waals surface area (Å²) < 4.78 is 0. The van der Waals surface area contributed by atoms with E-state index in [2.05, 4.69) is 49.5 Å². The van der Waals surface area contributed by atoms with Gasteiger partial charge in [0.1, 0.15) is 10.0 Å². The van der Waals surface area contributed by atoms with Gasteiger partial charge in [0.25, 0.3) is 0 Å². The third-order valence-corrected chi connectivity index (χ3v) is 4.36. The minimum Gasteiger partial charge on any atom is -0.312 e. The monoisotopic (exact) mass is 273 g/mol. The van der Waals surface area contributed by atoms with E-state index in [4.69, 9.17) is 0 Å². The molecule has 1 atom stereocenters. The fourth-order valence-corrected chi connectivity index (χ4v) is 3.09. The van der Waals surface area contributed by atoms with Crippen LogP contribution >= 0.6 is 23.1 Å². The lowest BCUT2D eigenvalue weighted by Crippen LogP contribution is -2.37. The number of rotatable bonds is 6. The Hall–Kier alpha value is -0.130. The normalized spacial score (nSPS) is 13.9. The van der Waals surface area contributed by atoms with E-state index in [1.807, 2.05) is 11.8 Å². The Bertz CT molecular complexity index is 331. The van der Waals surface area contributed by atoms with Gasteiger partial charge in [0.05, 0.1) is 0 Å². The zero-order chi connectivity index (χ0) is 12.9. The van der Waals surface area contributed by atoms with E-state index in [1.165, 1.54) is 5.01 Å². The van der Waals surface area contributed by atoms with Gasteiger partial charge in [-0.05, 0) is 27.0 Å². The molecular formula is C12H23N3S2. The Kier molecular flexibility index (Phi) is 5.89. The molecular weight excluding hydrogens is 250 g/mol. The molecule has 0 fully saturated rings. The molecule has 0 amide bonds. The number of hydrogen-bond acceptors (Lipinski definition) is 5. The average Bonchev–Trinajstić information content (AvgIpc) is 2.65. The van der Waals surface area contributed by atoms with Crippen LogP contribution in [0.5, 0.6) is 0 Å². The number of nitrogens with zero attached hydrogens (tertiary/aromatic N) is 2. The van der Waals surface area contributed by atoms with Crippen molar-refractivity contribution in [1.29, 1.82) is 0 Å². The van der Waals surface area contributed by atoms with Gasteiger partial charge < -0.3 is 5.32 Å². The summed E-state index contributed by atoms with van der Waals surface area (Å²) in [6.07, 6.45) is 3.10. The van der Waals surface area contributed by atoms with Crippen molar-refractivity contribution in [1.82, 2.24) is 15.5 Å². The first kappa shape index (κ1) is 14.9. The molecule has 1 unspecified atom stereocenters.